The van der Waals surface area contributed by atoms with Crippen molar-refractivity contribution in [3.8, 4) is 0 Å². The number of benzene rings is 1. The first-order valence-electron chi connectivity index (χ1n) is 3.29. The Morgan fingerprint density at radius 1 is 1.27 bits per heavy atom. The van der Waals surface area contributed by atoms with Crippen molar-refractivity contribution in [3.63, 3.8) is 0 Å². The van der Waals surface area contributed by atoms with Crippen LogP contribution in [-0.4, -0.2) is 0 Å². The first-order chi connectivity index (χ1) is 5.25. The number of quaternary nitrogens is 1. The minimum atomic E-state index is -0.509. The Kier molecular flexibility index (Phi) is 2.54. The summed E-state index contributed by atoms with van der Waals surface area (Å²) in [6.45, 7) is 0.235. The molecule has 0 unspecified atom stereocenters. The summed E-state index contributed by atoms with van der Waals surface area (Å²) in [7, 11) is 3.40. The first-order valence-corrected chi connectivity index (χ1v) is 3.29. The summed E-state index contributed by atoms with van der Waals surface area (Å²) in [5.74, 6) is -1.02. The zero-order chi connectivity index (χ0) is 8.27. The molecule has 1 aromatic carbocycles. The second-order valence-corrected chi connectivity index (χ2v) is 2.19. The lowest BCUT2D eigenvalue weighted by Crippen LogP contribution is -2.75. The van der Waals surface area contributed by atoms with Gasteiger partial charge in [0.15, 0.2) is 0 Å². The van der Waals surface area contributed by atoms with Gasteiger partial charge in [-0.1, -0.05) is 6.07 Å². The van der Waals surface area contributed by atoms with Gasteiger partial charge in [0.1, 0.15) is 11.6 Å². The van der Waals surface area contributed by atoms with Crippen LogP contribution in [-0.2, 0) is 6.54 Å². The van der Waals surface area contributed by atoms with Gasteiger partial charge in [-0.2, -0.15) is 7.05 Å². The van der Waals surface area contributed by atoms with Crippen molar-refractivity contribution in [2.45, 2.75) is 6.54 Å². The average molecular weight is 157 g/mol. The quantitative estimate of drug-likeness (QED) is 0.612. The van der Waals surface area contributed by atoms with Crippen molar-refractivity contribution in [2.75, 3.05) is 0 Å². The molecule has 0 heterocycles. The van der Waals surface area contributed by atoms with Crippen LogP contribution in [0.25, 0.3) is 0 Å². The maximum Gasteiger partial charge on any atom is 0.134 e. The molecule has 0 radical (unpaired) electrons. The van der Waals surface area contributed by atoms with Crippen molar-refractivity contribution in [3.05, 3.63) is 42.4 Å². The number of halogens is 2. The Labute approximate surface area is 64.0 Å². The Bertz CT molecular complexity index is 228. The van der Waals surface area contributed by atoms with E-state index in [1.807, 2.05) is 0 Å². The van der Waals surface area contributed by atoms with Crippen LogP contribution in [0.1, 0.15) is 5.56 Å². The van der Waals surface area contributed by atoms with E-state index in [9.17, 15) is 8.78 Å². The molecule has 0 aliphatic carbocycles. The van der Waals surface area contributed by atoms with Crippen LogP contribution in [0.4, 0.5) is 8.78 Å². The number of nitrogens with two attached hydrogens (primary N) is 1. The molecular formula is C8H9F2N. The third kappa shape index (κ3) is 1.74. The highest BCUT2D eigenvalue weighted by Crippen LogP contribution is 2.09. The fourth-order valence-corrected chi connectivity index (χ4v) is 0.872. The van der Waals surface area contributed by atoms with Crippen molar-refractivity contribution in [1.29, 1.82) is 0 Å². The lowest BCUT2D eigenvalue weighted by molar-refractivity contribution is -0.612. The van der Waals surface area contributed by atoms with Gasteiger partial charge in [-0.25, -0.2) is 8.78 Å². The van der Waals surface area contributed by atoms with Gasteiger partial charge in [-0.05, 0) is 12.1 Å². The number of hydrogen-bond donors (Lipinski definition) is 1. The molecule has 0 amide bonds. The fourth-order valence-electron chi connectivity index (χ4n) is 0.872. The van der Waals surface area contributed by atoms with Crippen molar-refractivity contribution < 1.29 is 14.1 Å². The van der Waals surface area contributed by atoms with Gasteiger partial charge in [-0.3, -0.25) is 0 Å². The Balaban J connectivity index is 3.00. The van der Waals surface area contributed by atoms with E-state index in [4.69, 9.17) is 0 Å². The summed E-state index contributed by atoms with van der Waals surface area (Å²) in [6, 6.07) is 3.82. The van der Waals surface area contributed by atoms with Crippen LogP contribution in [0.2, 0.25) is 0 Å². The summed E-state index contributed by atoms with van der Waals surface area (Å²) in [5, 5.41) is 1.47. The van der Waals surface area contributed by atoms with Crippen LogP contribution < -0.4 is 5.32 Å². The molecule has 2 N–H and O–H groups in total. The van der Waals surface area contributed by atoms with Crippen molar-refractivity contribution >= 4 is 0 Å². The van der Waals surface area contributed by atoms with E-state index >= 15 is 0 Å². The largest absolute Gasteiger partial charge is 0.475 e. The van der Waals surface area contributed by atoms with Crippen LogP contribution in [0.3, 0.4) is 0 Å². The Morgan fingerprint density at radius 3 is 2.27 bits per heavy atom. The third-order valence-electron chi connectivity index (χ3n) is 1.41. The van der Waals surface area contributed by atoms with Gasteiger partial charge < -0.3 is 5.32 Å². The standard InChI is InChI=1S/C8H9F2N/c1-11-5-6-7(9)3-2-4-8(6)10/h2-4H,1,5,11H2. The lowest BCUT2D eigenvalue weighted by atomic mass is 10.2. The number of hydrogen-bond acceptors (Lipinski definition) is 0. The molecular weight excluding hydrogens is 148 g/mol. The highest BCUT2D eigenvalue weighted by Gasteiger charge is 2.06. The van der Waals surface area contributed by atoms with Gasteiger partial charge in [0.25, 0.3) is 0 Å². The zero-order valence-electron chi connectivity index (χ0n) is 5.98. The maximum atomic E-state index is 12.7. The van der Waals surface area contributed by atoms with Gasteiger partial charge in [0.2, 0.25) is 0 Å². The van der Waals surface area contributed by atoms with E-state index in [0.29, 0.717) is 0 Å². The third-order valence-corrected chi connectivity index (χ3v) is 1.41. The molecule has 0 bridgehead atoms. The predicted molar refractivity (Wildman–Crippen MR) is 37.3 cm³/mol. The van der Waals surface area contributed by atoms with E-state index in [1.165, 1.54) is 23.5 Å². The van der Waals surface area contributed by atoms with Crippen LogP contribution >= 0.6 is 0 Å². The molecule has 0 saturated heterocycles. The summed E-state index contributed by atoms with van der Waals surface area (Å²) in [6.07, 6.45) is 0. The Morgan fingerprint density at radius 2 is 1.82 bits per heavy atom. The highest BCUT2D eigenvalue weighted by molar-refractivity contribution is 5.18. The smallest absolute Gasteiger partial charge is 0.134 e. The van der Waals surface area contributed by atoms with Crippen molar-refractivity contribution in [1.82, 2.24) is 0 Å². The maximum absolute atomic E-state index is 12.7. The molecule has 0 saturated carbocycles. The summed E-state index contributed by atoms with van der Waals surface area (Å²) in [4.78, 5) is 0. The van der Waals surface area contributed by atoms with E-state index < -0.39 is 11.6 Å². The molecule has 0 aliphatic heterocycles. The molecule has 3 heteroatoms. The normalized spacial score (nSPS) is 10.1. The minimum Gasteiger partial charge on any atom is -0.475 e. The van der Waals surface area contributed by atoms with E-state index in [0.717, 1.165) is 0 Å². The molecule has 11 heavy (non-hydrogen) atoms. The van der Waals surface area contributed by atoms with Crippen LogP contribution in [0.15, 0.2) is 18.2 Å². The van der Waals surface area contributed by atoms with Gasteiger partial charge in [-0.15, -0.1) is 0 Å². The average Bonchev–Trinajstić information content (AvgIpc) is 1.97. The highest BCUT2D eigenvalue weighted by atomic mass is 19.1. The first kappa shape index (κ1) is 8.14. The molecule has 0 fully saturated rings. The molecule has 0 aliphatic rings. The Hall–Kier alpha value is -0.960. The lowest BCUT2D eigenvalue weighted by Gasteiger charge is -2.02. The second kappa shape index (κ2) is 3.44. The van der Waals surface area contributed by atoms with Gasteiger partial charge in [0, 0.05) is 0 Å². The van der Waals surface area contributed by atoms with Gasteiger partial charge in [0.05, 0.1) is 12.1 Å². The molecule has 60 valence electrons. The topological polar surface area (TPSA) is 16.6 Å². The van der Waals surface area contributed by atoms with Crippen LogP contribution in [0, 0.1) is 18.7 Å². The monoisotopic (exact) mass is 157 g/mol. The number of rotatable bonds is 2. The fraction of sp³-hybridized carbons (Fsp3) is 0.125. The van der Waals surface area contributed by atoms with E-state index in [-0.39, 0.29) is 12.1 Å². The van der Waals surface area contributed by atoms with E-state index in [1.54, 1.807) is 0 Å². The van der Waals surface area contributed by atoms with E-state index in [2.05, 4.69) is 7.05 Å². The molecule has 0 atom stereocenters. The zero-order valence-corrected chi connectivity index (χ0v) is 5.98. The molecule has 1 aromatic rings. The second-order valence-electron chi connectivity index (χ2n) is 2.19. The van der Waals surface area contributed by atoms with Crippen LogP contribution in [0.5, 0.6) is 0 Å². The molecule has 0 spiro atoms. The summed E-state index contributed by atoms with van der Waals surface area (Å²) in [5.41, 5.74) is 0.0856. The molecule has 0 aromatic heterocycles. The summed E-state index contributed by atoms with van der Waals surface area (Å²) < 4.78 is 25.5. The molecule has 1 rings (SSSR count). The van der Waals surface area contributed by atoms with Crippen molar-refractivity contribution in [2.24, 2.45) is 0 Å². The van der Waals surface area contributed by atoms with Gasteiger partial charge >= 0.3 is 0 Å². The summed E-state index contributed by atoms with van der Waals surface area (Å²) >= 11 is 0. The minimum absolute atomic E-state index is 0.0856. The SMILES string of the molecule is [CH2-][NH2+]Cc1c(F)cccc1F. The molecule has 1 nitrogen and oxygen atoms in total. The predicted octanol–water partition coefficient (Wildman–Crippen LogP) is 0.820.